The Bertz CT molecular complexity index is 1280. The molecule has 5 rings (SSSR count). The lowest BCUT2D eigenvalue weighted by molar-refractivity contribution is 0.162. The van der Waals surface area contributed by atoms with E-state index in [2.05, 4.69) is 30.3 Å². The first kappa shape index (κ1) is 20.9. The van der Waals surface area contributed by atoms with E-state index in [9.17, 15) is 0 Å². The molecule has 0 aliphatic carbocycles. The van der Waals surface area contributed by atoms with Crippen LogP contribution in [0.5, 0.6) is 23.1 Å². The highest BCUT2D eigenvalue weighted by molar-refractivity contribution is 5.96. The number of rotatable bonds is 6. The van der Waals surface area contributed by atoms with Gasteiger partial charge in [0.05, 0.1) is 31.8 Å². The molecule has 0 spiro atoms. The molecule has 2 heterocycles. The maximum Gasteiger partial charge on any atom is 0.225 e. The topological polar surface area (TPSA) is 49.8 Å². The lowest BCUT2D eigenvalue weighted by Crippen LogP contribution is -2.34. The summed E-state index contributed by atoms with van der Waals surface area (Å²) in [6.07, 6.45) is 4.12. The zero-order chi connectivity index (χ0) is 22.8. The minimum absolute atomic E-state index is 0.486. The summed E-state index contributed by atoms with van der Waals surface area (Å²) in [7, 11) is 3.25. The van der Waals surface area contributed by atoms with Gasteiger partial charge in [0, 0.05) is 17.2 Å². The van der Waals surface area contributed by atoms with Crippen molar-refractivity contribution in [1.29, 1.82) is 0 Å². The van der Waals surface area contributed by atoms with Crippen LogP contribution in [0.25, 0.3) is 17.0 Å². The molecule has 1 aliphatic heterocycles. The van der Waals surface area contributed by atoms with Gasteiger partial charge in [0.15, 0.2) is 5.60 Å². The number of fused-ring (bicyclic) bond motifs is 3. The van der Waals surface area contributed by atoms with Gasteiger partial charge in [-0.3, -0.25) is 0 Å². The van der Waals surface area contributed by atoms with Crippen molar-refractivity contribution in [2.24, 2.45) is 0 Å². The van der Waals surface area contributed by atoms with Crippen LogP contribution >= 0.6 is 0 Å². The van der Waals surface area contributed by atoms with E-state index in [1.807, 2.05) is 61.5 Å². The second kappa shape index (κ2) is 8.51. The van der Waals surface area contributed by atoms with E-state index in [1.54, 1.807) is 14.2 Å². The minimum atomic E-state index is -0.816. The Morgan fingerprint density at radius 1 is 0.879 bits per heavy atom. The summed E-state index contributed by atoms with van der Waals surface area (Å²) in [5.41, 5.74) is 2.68. The molecule has 0 bridgehead atoms. The van der Waals surface area contributed by atoms with Crippen LogP contribution in [-0.2, 0) is 5.60 Å². The molecule has 0 radical (unpaired) electrons. The van der Waals surface area contributed by atoms with E-state index in [1.165, 1.54) is 0 Å². The van der Waals surface area contributed by atoms with Crippen molar-refractivity contribution in [1.82, 2.24) is 4.98 Å². The zero-order valence-electron chi connectivity index (χ0n) is 18.9. The first-order valence-electron chi connectivity index (χ1n) is 10.9. The highest BCUT2D eigenvalue weighted by Crippen LogP contribution is 2.49. The molecule has 0 unspecified atom stereocenters. The van der Waals surface area contributed by atoms with Gasteiger partial charge < -0.3 is 18.9 Å². The van der Waals surface area contributed by atoms with Gasteiger partial charge in [0.1, 0.15) is 22.8 Å². The van der Waals surface area contributed by atoms with Crippen molar-refractivity contribution in [2.75, 3.05) is 20.8 Å². The lowest BCUT2D eigenvalue weighted by Gasteiger charge is -2.36. The van der Waals surface area contributed by atoms with Crippen LogP contribution < -0.4 is 18.9 Å². The Balaban J connectivity index is 1.83. The van der Waals surface area contributed by atoms with E-state index in [4.69, 9.17) is 23.9 Å². The summed E-state index contributed by atoms with van der Waals surface area (Å²) in [5.74, 6) is 2.44. The number of aromatic nitrogens is 1. The Kier molecular flexibility index (Phi) is 5.38. The molecule has 0 atom stereocenters. The highest BCUT2D eigenvalue weighted by atomic mass is 16.5. The molecular weight excluding hydrogens is 414 g/mol. The second-order valence-corrected chi connectivity index (χ2v) is 7.72. The lowest BCUT2D eigenvalue weighted by atomic mass is 9.83. The van der Waals surface area contributed by atoms with Crippen LogP contribution in [-0.4, -0.2) is 25.8 Å². The van der Waals surface area contributed by atoms with Crippen molar-refractivity contribution in [3.05, 3.63) is 95.6 Å². The largest absolute Gasteiger partial charge is 0.497 e. The van der Waals surface area contributed by atoms with Crippen LogP contribution in [0.2, 0.25) is 0 Å². The molecule has 0 saturated heterocycles. The SMILES string of the molecule is CCOc1nc2c(OC)cc(OC)cc2c2c1C=CC(c1ccccc1)(c1ccccc1)O2. The van der Waals surface area contributed by atoms with Gasteiger partial charge in [-0.05, 0) is 25.1 Å². The van der Waals surface area contributed by atoms with E-state index in [0.29, 0.717) is 35.3 Å². The normalized spacial score (nSPS) is 13.8. The number of ether oxygens (including phenoxy) is 4. The number of hydrogen-bond donors (Lipinski definition) is 0. The minimum Gasteiger partial charge on any atom is -0.497 e. The molecule has 0 fully saturated rings. The summed E-state index contributed by atoms with van der Waals surface area (Å²) in [6, 6.07) is 24.2. The third-order valence-electron chi connectivity index (χ3n) is 5.87. The molecule has 33 heavy (non-hydrogen) atoms. The monoisotopic (exact) mass is 439 g/mol. The molecule has 5 nitrogen and oxygen atoms in total. The van der Waals surface area contributed by atoms with Gasteiger partial charge in [-0.1, -0.05) is 60.7 Å². The van der Waals surface area contributed by atoms with Crippen molar-refractivity contribution in [2.45, 2.75) is 12.5 Å². The smallest absolute Gasteiger partial charge is 0.225 e. The van der Waals surface area contributed by atoms with Crippen LogP contribution in [0.4, 0.5) is 0 Å². The van der Waals surface area contributed by atoms with Crippen LogP contribution in [0.1, 0.15) is 23.6 Å². The summed E-state index contributed by atoms with van der Waals surface area (Å²) in [6.45, 7) is 2.43. The van der Waals surface area contributed by atoms with Crippen LogP contribution in [0.15, 0.2) is 78.9 Å². The molecular formula is C28H25NO4. The summed E-state index contributed by atoms with van der Waals surface area (Å²) < 4.78 is 24.1. The first-order valence-corrected chi connectivity index (χ1v) is 10.9. The number of methoxy groups -OCH3 is 2. The standard InChI is InChI=1S/C28H25NO4/c1-4-32-27-22-15-16-28(19-11-7-5-8-12-19,20-13-9-6-10-14-20)33-26(22)23-17-21(30-2)18-24(31-3)25(23)29-27/h5-18H,4H2,1-3H3. The van der Waals surface area contributed by atoms with Gasteiger partial charge in [-0.15, -0.1) is 0 Å². The number of hydrogen-bond acceptors (Lipinski definition) is 5. The van der Waals surface area contributed by atoms with Crippen molar-refractivity contribution < 1.29 is 18.9 Å². The van der Waals surface area contributed by atoms with Gasteiger partial charge in [-0.2, -0.15) is 0 Å². The van der Waals surface area contributed by atoms with E-state index >= 15 is 0 Å². The van der Waals surface area contributed by atoms with Gasteiger partial charge in [0.25, 0.3) is 0 Å². The third-order valence-corrected chi connectivity index (χ3v) is 5.87. The Morgan fingerprint density at radius 2 is 1.55 bits per heavy atom. The van der Waals surface area contributed by atoms with Crippen molar-refractivity contribution >= 4 is 17.0 Å². The van der Waals surface area contributed by atoms with Crippen molar-refractivity contribution in [3.8, 4) is 23.1 Å². The fourth-order valence-corrected chi connectivity index (χ4v) is 4.30. The zero-order valence-corrected chi connectivity index (χ0v) is 18.9. The van der Waals surface area contributed by atoms with Crippen LogP contribution in [0.3, 0.4) is 0 Å². The maximum absolute atomic E-state index is 6.97. The molecule has 166 valence electrons. The Morgan fingerprint density at radius 3 is 2.12 bits per heavy atom. The predicted molar refractivity (Wildman–Crippen MR) is 129 cm³/mol. The summed E-state index contributed by atoms with van der Waals surface area (Å²) >= 11 is 0. The average molecular weight is 440 g/mol. The van der Waals surface area contributed by atoms with Crippen molar-refractivity contribution in [3.63, 3.8) is 0 Å². The molecule has 0 saturated carbocycles. The molecule has 3 aromatic carbocycles. The highest BCUT2D eigenvalue weighted by Gasteiger charge is 2.39. The summed E-state index contributed by atoms with van der Waals surface area (Å²) in [5, 5.41) is 0.797. The quantitative estimate of drug-likeness (QED) is 0.369. The number of benzene rings is 3. The van der Waals surface area contributed by atoms with E-state index in [-0.39, 0.29) is 0 Å². The number of pyridine rings is 1. The first-order chi connectivity index (χ1) is 16.2. The Labute approximate surface area is 193 Å². The second-order valence-electron chi connectivity index (χ2n) is 7.72. The molecule has 0 N–H and O–H groups in total. The summed E-state index contributed by atoms with van der Waals surface area (Å²) in [4.78, 5) is 4.78. The van der Waals surface area contributed by atoms with Gasteiger partial charge in [-0.25, -0.2) is 4.98 Å². The average Bonchev–Trinajstić information content (AvgIpc) is 2.89. The van der Waals surface area contributed by atoms with Gasteiger partial charge in [0.2, 0.25) is 5.88 Å². The molecule has 4 aromatic rings. The molecule has 0 amide bonds. The molecule has 5 heteroatoms. The Hall–Kier alpha value is -3.99. The van der Waals surface area contributed by atoms with E-state index in [0.717, 1.165) is 22.1 Å². The molecule has 1 aromatic heterocycles. The third kappa shape index (κ3) is 3.46. The van der Waals surface area contributed by atoms with Gasteiger partial charge >= 0.3 is 0 Å². The predicted octanol–water partition coefficient (Wildman–Crippen LogP) is 6.00. The maximum atomic E-state index is 6.97. The number of nitrogens with zero attached hydrogens (tertiary/aromatic N) is 1. The fourth-order valence-electron chi connectivity index (χ4n) is 4.30. The molecule has 1 aliphatic rings. The fraction of sp³-hybridized carbons (Fsp3) is 0.179. The van der Waals surface area contributed by atoms with Crippen LogP contribution in [0, 0.1) is 0 Å². The van der Waals surface area contributed by atoms with E-state index < -0.39 is 5.60 Å².